The molecular weight excluding hydrogens is 452 g/mol. The zero-order chi connectivity index (χ0) is 24.9. The van der Waals surface area contributed by atoms with Crippen LogP contribution < -0.4 is 10.6 Å². The zero-order valence-corrected chi connectivity index (χ0v) is 19.4. The third-order valence-electron chi connectivity index (χ3n) is 5.87. The highest BCUT2D eigenvalue weighted by atomic mass is 16.5. The molecule has 3 aromatic rings. The summed E-state index contributed by atoms with van der Waals surface area (Å²) >= 11 is 0. The number of hydrogen-bond donors (Lipinski definition) is 3. The molecule has 1 heterocycles. The molecule has 1 aliphatic carbocycles. The molecule has 10 heteroatoms. The Morgan fingerprint density at radius 2 is 1.71 bits per heavy atom. The number of alkyl carbamates (subject to hydrolysis) is 1. The van der Waals surface area contributed by atoms with Crippen LogP contribution in [0.5, 0.6) is 0 Å². The van der Waals surface area contributed by atoms with Gasteiger partial charge in [-0.05, 0) is 22.3 Å². The van der Waals surface area contributed by atoms with E-state index >= 15 is 0 Å². The molecule has 0 fully saturated rings. The molecule has 1 unspecified atom stereocenters. The summed E-state index contributed by atoms with van der Waals surface area (Å²) in [6.45, 7) is 0.219. The molecule has 0 bridgehead atoms. The number of carbonyl (C=O) groups is 3. The second-order valence-corrected chi connectivity index (χ2v) is 8.19. The predicted molar refractivity (Wildman–Crippen MR) is 127 cm³/mol. The average Bonchev–Trinajstić information content (AvgIpc) is 3.37. The van der Waals surface area contributed by atoms with Crippen LogP contribution in [0.1, 0.15) is 34.0 Å². The summed E-state index contributed by atoms with van der Waals surface area (Å²) in [7, 11) is 2.97. The standard InChI is InChI=1S/C25H26N4O6/c1-29-13-21(23(28-29)24(31)32)27-22(30)11-15(34-2)12-26-25(33)35-14-20-18-9-5-3-7-16(18)17-8-4-6-10-19(17)20/h3-10,13,15,20H,11-12,14H2,1-2H3,(H,26,33)(H,27,30)(H,31,32). The lowest BCUT2D eigenvalue weighted by Gasteiger charge is -2.17. The van der Waals surface area contributed by atoms with Gasteiger partial charge in [-0.2, -0.15) is 5.10 Å². The van der Waals surface area contributed by atoms with Crippen LogP contribution in [0, 0.1) is 0 Å². The summed E-state index contributed by atoms with van der Waals surface area (Å²) in [6, 6.07) is 16.1. The van der Waals surface area contributed by atoms with E-state index in [2.05, 4.69) is 27.9 Å². The Morgan fingerprint density at radius 1 is 1.09 bits per heavy atom. The van der Waals surface area contributed by atoms with Crippen LogP contribution in [0.4, 0.5) is 10.5 Å². The van der Waals surface area contributed by atoms with E-state index in [9.17, 15) is 19.5 Å². The van der Waals surface area contributed by atoms with Crippen molar-refractivity contribution >= 4 is 23.7 Å². The van der Waals surface area contributed by atoms with Crippen LogP contribution in [0.2, 0.25) is 0 Å². The zero-order valence-electron chi connectivity index (χ0n) is 19.4. The van der Waals surface area contributed by atoms with Crippen molar-refractivity contribution in [3.05, 3.63) is 71.5 Å². The quantitative estimate of drug-likeness (QED) is 0.431. The second-order valence-electron chi connectivity index (χ2n) is 8.19. The molecule has 0 saturated heterocycles. The summed E-state index contributed by atoms with van der Waals surface area (Å²) in [4.78, 5) is 36.0. The maximum Gasteiger partial charge on any atom is 0.407 e. The number of anilines is 1. The Kier molecular flexibility index (Phi) is 7.11. The monoisotopic (exact) mass is 478 g/mol. The molecule has 3 N–H and O–H groups in total. The Morgan fingerprint density at radius 3 is 2.31 bits per heavy atom. The van der Waals surface area contributed by atoms with E-state index in [1.807, 2.05) is 36.4 Å². The van der Waals surface area contributed by atoms with Gasteiger partial charge in [-0.3, -0.25) is 9.48 Å². The number of nitrogens with zero attached hydrogens (tertiary/aromatic N) is 2. The molecule has 1 aromatic heterocycles. The molecule has 0 spiro atoms. The van der Waals surface area contributed by atoms with Crippen molar-refractivity contribution in [1.29, 1.82) is 0 Å². The van der Waals surface area contributed by atoms with Gasteiger partial charge in [0.05, 0.1) is 18.2 Å². The van der Waals surface area contributed by atoms with E-state index in [0.717, 1.165) is 22.3 Å². The number of aromatic nitrogens is 2. The van der Waals surface area contributed by atoms with Gasteiger partial charge in [-0.15, -0.1) is 0 Å². The van der Waals surface area contributed by atoms with E-state index < -0.39 is 24.1 Å². The number of carboxylic acids is 1. The van der Waals surface area contributed by atoms with Crippen LogP contribution in [-0.4, -0.2) is 59.2 Å². The number of rotatable bonds is 9. The molecule has 182 valence electrons. The van der Waals surface area contributed by atoms with E-state index in [4.69, 9.17) is 9.47 Å². The van der Waals surface area contributed by atoms with Gasteiger partial charge < -0.3 is 25.2 Å². The van der Waals surface area contributed by atoms with E-state index in [1.54, 1.807) is 7.05 Å². The largest absolute Gasteiger partial charge is 0.476 e. The fourth-order valence-corrected chi connectivity index (χ4v) is 4.23. The first kappa shape index (κ1) is 24.0. The van der Waals surface area contributed by atoms with Crippen molar-refractivity contribution in [3.8, 4) is 11.1 Å². The van der Waals surface area contributed by atoms with Gasteiger partial charge in [0.25, 0.3) is 0 Å². The van der Waals surface area contributed by atoms with Crippen molar-refractivity contribution in [2.45, 2.75) is 18.4 Å². The smallest absolute Gasteiger partial charge is 0.407 e. The van der Waals surface area contributed by atoms with E-state index in [0.29, 0.717) is 0 Å². The van der Waals surface area contributed by atoms with E-state index in [-0.39, 0.29) is 36.9 Å². The Balaban J connectivity index is 1.29. The SMILES string of the molecule is COC(CNC(=O)OCC1c2ccccc2-c2ccccc21)CC(=O)Nc1cn(C)nc1C(=O)O. The highest BCUT2D eigenvalue weighted by Crippen LogP contribution is 2.44. The van der Waals surface area contributed by atoms with Gasteiger partial charge in [0.2, 0.25) is 5.91 Å². The number of benzene rings is 2. The minimum absolute atomic E-state index is 0.0411. The summed E-state index contributed by atoms with van der Waals surface area (Å²) in [5.41, 5.74) is 4.34. The number of nitrogens with one attached hydrogen (secondary N) is 2. The summed E-state index contributed by atoms with van der Waals surface area (Å²) < 4.78 is 12.1. The summed E-state index contributed by atoms with van der Waals surface area (Å²) in [5.74, 6) is -1.78. The molecule has 1 aliphatic rings. The minimum Gasteiger partial charge on any atom is -0.476 e. The lowest BCUT2D eigenvalue weighted by Crippen LogP contribution is -2.36. The van der Waals surface area contributed by atoms with Crippen molar-refractivity contribution in [1.82, 2.24) is 15.1 Å². The van der Waals surface area contributed by atoms with Crippen molar-refractivity contribution in [3.63, 3.8) is 0 Å². The molecule has 1 atom stereocenters. The number of aromatic carboxylic acids is 1. The lowest BCUT2D eigenvalue weighted by atomic mass is 9.98. The average molecular weight is 479 g/mol. The fraction of sp³-hybridized carbons (Fsp3) is 0.280. The third-order valence-corrected chi connectivity index (χ3v) is 5.87. The maximum absolute atomic E-state index is 12.4. The Labute approximate surface area is 201 Å². The Bertz CT molecular complexity index is 1210. The van der Waals surface area contributed by atoms with Crippen molar-refractivity contribution < 1.29 is 29.0 Å². The van der Waals surface area contributed by atoms with Gasteiger partial charge in [0.15, 0.2) is 5.69 Å². The number of hydrogen-bond acceptors (Lipinski definition) is 6. The first-order valence-electron chi connectivity index (χ1n) is 11.1. The van der Waals surface area contributed by atoms with Crippen LogP contribution >= 0.6 is 0 Å². The molecular formula is C25H26N4O6. The first-order valence-corrected chi connectivity index (χ1v) is 11.1. The van der Waals surface area contributed by atoms with Crippen LogP contribution in [-0.2, 0) is 21.3 Å². The number of methoxy groups -OCH3 is 1. The van der Waals surface area contributed by atoms with E-state index in [1.165, 1.54) is 18.0 Å². The number of ether oxygens (including phenoxy) is 2. The fourth-order valence-electron chi connectivity index (χ4n) is 4.23. The Hall–Kier alpha value is -4.18. The highest BCUT2D eigenvalue weighted by Gasteiger charge is 2.29. The molecule has 0 aliphatic heterocycles. The van der Waals surface area contributed by atoms with Gasteiger partial charge >= 0.3 is 12.1 Å². The van der Waals surface area contributed by atoms with Crippen LogP contribution in [0.15, 0.2) is 54.7 Å². The normalized spacial score (nSPS) is 13.0. The lowest BCUT2D eigenvalue weighted by molar-refractivity contribution is -0.118. The first-order chi connectivity index (χ1) is 16.9. The van der Waals surface area contributed by atoms with Crippen LogP contribution in [0.3, 0.4) is 0 Å². The number of fused-ring (bicyclic) bond motifs is 3. The summed E-state index contributed by atoms with van der Waals surface area (Å²) in [6.07, 6.45) is 0.0434. The molecule has 35 heavy (non-hydrogen) atoms. The van der Waals surface area contributed by atoms with Gasteiger partial charge in [-0.1, -0.05) is 48.5 Å². The second kappa shape index (κ2) is 10.4. The molecule has 2 amide bonds. The highest BCUT2D eigenvalue weighted by molar-refractivity contribution is 5.99. The van der Waals surface area contributed by atoms with Crippen molar-refractivity contribution in [2.75, 3.05) is 25.6 Å². The number of aryl methyl sites for hydroxylation is 1. The molecule has 2 aromatic carbocycles. The van der Waals surface area contributed by atoms with Crippen LogP contribution in [0.25, 0.3) is 11.1 Å². The third kappa shape index (κ3) is 5.33. The molecule has 0 radical (unpaired) electrons. The number of carboxylic acid groups (broad SMARTS) is 1. The summed E-state index contributed by atoms with van der Waals surface area (Å²) in [5, 5.41) is 18.1. The van der Waals surface area contributed by atoms with Crippen molar-refractivity contribution in [2.24, 2.45) is 7.05 Å². The molecule has 10 nitrogen and oxygen atoms in total. The van der Waals surface area contributed by atoms with Gasteiger partial charge in [0.1, 0.15) is 6.61 Å². The number of amides is 2. The minimum atomic E-state index is -1.25. The maximum atomic E-state index is 12.4. The predicted octanol–water partition coefficient (Wildman–Crippen LogP) is 3.00. The topological polar surface area (TPSA) is 132 Å². The van der Waals surface area contributed by atoms with Gasteiger partial charge in [-0.25, -0.2) is 9.59 Å². The van der Waals surface area contributed by atoms with Gasteiger partial charge in [0, 0.05) is 32.8 Å². The molecule has 4 rings (SSSR count). The molecule has 0 saturated carbocycles. The number of carbonyl (C=O) groups excluding carboxylic acids is 2.